The minimum absolute atomic E-state index is 0.0560. The molecule has 3 N–H and O–H groups in total. The highest BCUT2D eigenvalue weighted by atomic mass is 16.5. The van der Waals surface area contributed by atoms with Crippen LogP contribution in [0.2, 0.25) is 0 Å². The Balaban J connectivity index is 0.922. The molecule has 278 valence electrons. The van der Waals surface area contributed by atoms with Crippen molar-refractivity contribution in [2.75, 3.05) is 25.1 Å². The number of rotatable bonds is 7. The SMILES string of the molecule is Cc1cc(-c2ncc(Nc3cc(C4CCOCC4)c4c(c3)n(C)c(=O)n4C)cn2)cnc1C(=O)NCC#Cc1cc2c(C3CCC(=O)NC3=O)cccc2o1. The number of hydrogen-bond donors (Lipinski definition) is 3. The number of carbonyl (C=O) groups is 3. The first-order valence-electron chi connectivity index (χ1n) is 18.1. The Morgan fingerprint density at radius 3 is 2.51 bits per heavy atom. The van der Waals surface area contributed by atoms with Gasteiger partial charge in [0, 0.05) is 62.6 Å². The Labute approximate surface area is 315 Å². The van der Waals surface area contributed by atoms with Crippen molar-refractivity contribution in [3.05, 3.63) is 99.7 Å². The summed E-state index contributed by atoms with van der Waals surface area (Å²) < 4.78 is 14.9. The second-order valence-corrected chi connectivity index (χ2v) is 13.9. The van der Waals surface area contributed by atoms with Crippen LogP contribution >= 0.6 is 0 Å². The van der Waals surface area contributed by atoms with Gasteiger partial charge >= 0.3 is 5.69 Å². The summed E-state index contributed by atoms with van der Waals surface area (Å²) in [5, 5.41) is 9.37. The van der Waals surface area contributed by atoms with E-state index in [-0.39, 0.29) is 48.0 Å². The molecule has 14 heteroatoms. The van der Waals surface area contributed by atoms with Crippen LogP contribution < -0.4 is 21.6 Å². The van der Waals surface area contributed by atoms with Crippen LogP contribution in [0.1, 0.15) is 70.5 Å². The number of pyridine rings is 1. The van der Waals surface area contributed by atoms with Crippen molar-refractivity contribution in [3.63, 3.8) is 0 Å². The number of fused-ring (bicyclic) bond motifs is 2. The van der Waals surface area contributed by atoms with Gasteiger partial charge in [0.15, 0.2) is 11.6 Å². The normalized spacial score (nSPS) is 16.2. The van der Waals surface area contributed by atoms with Gasteiger partial charge in [-0.15, -0.1) is 0 Å². The molecule has 55 heavy (non-hydrogen) atoms. The largest absolute Gasteiger partial charge is 0.448 e. The molecule has 4 aromatic heterocycles. The third kappa shape index (κ3) is 6.97. The number of furan rings is 1. The molecule has 0 aliphatic carbocycles. The van der Waals surface area contributed by atoms with Gasteiger partial charge in [0.05, 0.1) is 41.6 Å². The maximum Gasteiger partial charge on any atom is 0.328 e. The molecular formula is C41H38N8O6. The number of hydrogen-bond acceptors (Lipinski definition) is 10. The van der Waals surface area contributed by atoms with Gasteiger partial charge in [-0.25, -0.2) is 14.8 Å². The van der Waals surface area contributed by atoms with Crippen molar-refractivity contribution in [1.82, 2.24) is 34.7 Å². The summed E-state index contributed by atoms with van der Waals surface area (Å²) >= 11 is 0. The lowest BCUT2D eigenvalue weighted by atomic mass is 9.88. The highest BCUT2D eigenvalue weighted by molar-refractivity contribution is 6.03. The number of imidazole rings is 1. The highest BCUT2D eigenvalue weighted by Crippen LogP contribution is 2.36. The molecule has 2 aliphatic heterocycles. The van der Waals surface area contributed by atoms with Crippen LogP contribution in [0.25, 0.3) is 33.4 Å². The molecule has 6 aromatic rings. The number of amides is 3. The topological polar surface area (TPSA) is 175 Å². The Morgan fingerprint density at radius 1 is 0.945 bits per heavy atom. The zero-order valence-corrected chi connectivity index (χ0v) is 30.6. The lowest BCUT2D eigenvalue weighted by Crippen LogP contribution is -2.39. The molecule has 0 saturated carbocycles. The molecule has 0 radical (unpaired) electrons. The Bertz CT molecular complexity index is 2620. The van der Waals surface area contributed by atoms with Crippen molar-refractivity contribution >= 4 is 51.1 Å². The van der Waals surface area contributed by atoms with Crippen molar-refractivity contribution in [2.45, 2.75) is 44.4 Å². The van der Waals surface area contributed by atoms with Crippen LogP contribution in [0.3, 0.4) is 0 Å². The van der Waals surface area contributed by atoms with E-state index < -0.39 is 5.92 Å². The second kappa shape index (κ2) is 14.7. The number of nitrogens with zero attached hydrogens (tertiary/aromatic N) is 5. The molecule has 14 nitrogen and oxygen atoms in total. The summed E-state index contributed by atoms with van der Waals surface area (Å²) in [4.78, 5) is 63.5. The van der Waals surface area contributed by atoms with Gasteiger partial charge in [-0.05, 0) is 79.0 Å². The first kappa shape index (κ1) is 35.4. The first-order chi connectivity index (χ1) is 26.6. The number of piperidine rings is 1. The summed E-state index contributed by atoms with van der Waals surface area (Å²) in [5.74, 6) is 5.58. The highest BCUT2D eigenvalue weighted by Gasteiger charge is 2.30. The molecule has 6 heterocycles. The predicted molar refractivity (Wildman–Crippen MR) is 205 cm³/mol. The average molecular weight is 739 g/mol. The monoisotopic (exact) mass is 738 g/mol. The summed E-state index contributed by atoms with van der Waals surface area (Å²) in [6.45, 7) is 3.24. The van der Waals surface area contributed by atoms with Crippen LogP contribution in [0.4, 0.5) is 11.4 Å². The van der Waals surface area contributed by atoms with Gasteiger partial charge in [0.1, 0.15) is 11.3 Å². The van der Waals surface area contributed by atoms with E-state index >= 15 is 0 Å². The van der Waals surface area contributed by atoms with E-state index in [1.165, 1.54) is 0 Å². The standard InChI is InChI=1S/C41H38N8O6/c1-23-16-25(38-44-21-27(22-45-38)46-26-17-31(24-11-14-54-15-12-24)37-33(18-26)48(2)41(53)49(37)3)20-43-36(23)40(52)42-13-5-6-28-19-32-29(7-4-8-34(32)55-28)30-9-10-35(50)47-39(30)51/h4,7-8,16-22,24,30,46H,9-15H2,1-3H3,(H,42,52)(H,47,50,51). The summed E-state index contributed by atoms with van der Waals surface area (Å²) in [5.41, 5.74) is 7.28. The van der Waals surface area contributed by atoms with Gasteiger partial charge in [0.25, 0.3) is 5.91 Å². The molecule has 0 bridgehead atoms. The van der Waals surface area contributed by atoms with E-state index in [0.29, 0.717) is 53.6 Å². The Morgan fingerprint density at radius 2 is 1.75 bits per heavy atom. The summed E-state index contributed by atoms with van der Waals surface area (Å²) in [6, 6.07) is 13.1. The van der Waals surface area contributed by atoms with Crippen LogP contribution in [-0.2, 0) is 28.4 Å². The Hall–Kier alpha value is -6.59. The van der Waals surface area contributed by atoms with Crippen molar-refractivity contribution in [2.24, 2.45) is 14.1 Å². The Kier molecular flexibility index (Phi) is 9.46. The number of aryl methyl sites for hydroxylation is 3. The number of ether oxygens (including phenoxy) is 1. The van der Waals surface area contributed by atoms with E-state index in [1.807, 2.05) is 31.3 Å². The van der Waals surface area contributed by atoms with E-state index in [2.05, 4.69) is 48.8 Å². The maximum absolute atomic E-state index is 13.0. The quantitative estimate of drug-likeness (QED) is 0.154. The number of imide groups is 1. The number of carbonyl (C=O) groups excluding carboxylic acids is 3. The minimum Gasteiger partial charge on any atom is -0.448 e. The van der Waals surface area contributed by atoms with E-state index in [9.17, 15) is 19.2 Å². The number of anilines is 2. The summed E-state index contributed by atoms with van der Waals surface area (Å²) in [7, 11) is 3.60. The van der Waals surface area contributed by atoms with E-state index in [1.54, 1.807) is 53.8 Å². The molecule has 1 unspecified atom stereocenters. The first-order valence-corrected chi connectivity index (χ1v) is 18.1. The zero-order valence-electron chi connectivity index (χ0n) is 30.6. The molecule has 2 aliphatic rings. The third-order valence-electron chi connectivity index (χ3n) is 10.3. The fraction of sp³-hybridized carbons (Fsp3) is 0.293. The molecule has 0 spiro atoms. The van der Waals surface area contributed by atoms with Crippen molar-refractivity contribution < 1.29 is 23.5 Å². The van der Waals surface area contributed by atoms with E-state index in [4.69, 9.17) is 9.15 Å². The maximum atomic E-state index is 13.0. The lowest BCUT2D eigenvalue weighted by molar-refractivity contribution is -0.134. The van der Waals surface area contributed by atoms with Gasteiger partial charge in [-0.1, -0.05) is 18.1 Å². The van der Waals surface area contributed by atoms with E-state index in [0.717, 1.165) is 46.1 Å². The van der Waals surface area contributed by atoms with Gasteiger partial charge < -0.3 is 19.8 Å². The van der Waals surface area contributed by atoms with Crippen molar-refractivity contribution in [3.8, 4) is 23.2 Å². The predicted octanol–water partition coefficient (Wildman–Crippen LogP) is 4.72. The average Bonchev–Trinajstić information content (AvgIpc) is 3.71. The minimum atomic E-state index is -0.444. The van der Waals surface area contributed by atoms with Crippen LogP contribution in [-0.4, -0.2) is 61.6 Å². The molecule has 3 amide bonds. The zero-order chi connectivity index (χ0) is 38.2. The molecular weight excluding hydrogens is 701 g/mol. The van der Waals surface area contributed by atoms with Gasteiger partial charge in [-0.3, -0.25) is 33.8 Å². The number of aromatic nitrogens is 5. The fourth-order valence-corrected chi connectivity index (χ4v) is 7.50. The smallest absolute Gasteiger partial charge is 0.328 e. The van der Waals surface area contributed by atoms with Crippen molar-refractivity contribution in [1.29, 1.82) is 0 Å². The molecule has 2 saturated heterocycles. The van der Waals surface area contributed by atoms with Crippen LogP contribution in [0, 0.1) is 18.8 Å². The molecule has 2 aromatic carbocycles. The number of nitrogens with one attached hydrogen (secondary N) is 3. The third-order valence-corrected chi connectivity index (χ3v) is 10.3. The second-order valence-electron chi connectivity index (χ2n) is 13.9. The lowest BCUT2D eigenvalue weighted by Gasteiger charge is -2.24. The molecule has 2 fully saturated rings. The van der Waals surface area contributed by atoms with Crippen LogP contribution in [0.15, 0.2) is 70.3 Å². The molecule has 8 rings (SSSR count). The van der Waals surface area contributed by atoms with Gasteiger partial charge in [0.2, 0.25) is 11.8 Å². The van der Waals surface area contributed by atoms with Gasteiger partial charge in [-0.2, -0.15) is 0 Å². The summed E-state index contributed by atoms with van der Waals surface area (Å²) in [6.07, 6.45) is 7.45. The van der Waals surface area contributed by atoms with Crippen LogP contribution in [0.5, 0.6) is 0 Å². The number of benzene rings is 2. The molecule has 1 atom stereocenters. The fourth-order valence-electron chi connectivity index (χ4n) is 7.50.